The van der Waals surface area contributed by atoms with Crippen molar-refractivity contribution in [3.05, 3.63) is 58.0 Å². The standard InChI is InChI=1S/C13H13N3/c1-10-4-2-7-13-11(8-9-15-16-14)5-3-6-12(10)13/h2-7H,8-9H2,1H3. The minimum absolute atomic E-state index is 0.517. The van der Waals surface area contributed by atoms with E-state index < -0.39 is 0 Å². The molecular weight excluding hydrogens is 198 g/mol. The van der Waals surface area contributed by atoms with Gasteiger partial charge in [0, 0.05) is 11.5 Å². The molecule has 0 saturated heterocycles. The summed E-state index contributed by atoms with van der Waals surface area (Å²) in [7, 11) is 0. The minimum Gasteiger partial charge on any atom is -0.0936 e. The summed E-state index contributed by atoms with van der Waals surface area (Å²) < 4.78 is 0. The van der Waals surface area contributed by atoms with Crippen LogP contribution >= 0.6 is 0 Å². The largest absolute Gasteiger partial charge is 0.0936 e. The SMILES string of the molecule is Cc1cccc2c(CCN=[N+]=[N-])cccc12. The number of aryl methyl sites for hydroxylation is 1. The van der Waals surface area contributed by atoms with Crippen LogP contribution in [0, 0.1) is 6.92 Å². The smallest absolute Gasteiger partial charge is 0.0298 e. The lowest BCUT2D eigenvalue weighted by Gasteiger charge is -2.06. The molecule has 0 atom stereocenters. The second-order valence-corrected chi connectivity index (χ2v) is 3.79. The maximum absolute atomic E-state index is 8.26. The average molecular weight is 211 g/mol. The zero-order valence-corrected chi connectivity index (χ0v) is 9.22. The average Bonchev–Trinajstić information content (AvgIpc) is 2.31. The van der Waals surface area contributed by atoms with E-state index in [9.17, 15) is 0 Å². The first-order valence-electron chi connectivity index (χ1n) is 5.31. The number of hydrogen-bond donors (Lipinski definition) is 0. The number of benzene rings is 2. The molecule has 3 heteroatoms. The van der Waals surface area contributed by atoms with Crippen molar-refractivity contribution in [3.8, 4) is 0 Å². The number of rotatable bonds is 3. The molecule has 80 valence electrons. The van der Waals surface area contributed by atoms with Gasteiger partial charge >= 0.3 is 0 Å². The predicted octanol–water partition coefficient (Wildman–Crippen LogP) is 4.00. The zero-order chi connectivity index (χ0) is 11.4. The molecule has 0 unspecified atom stereocenters. The molecule has 0 spiro atoms. The second kappa shape index (κ2) is 4.69. The van der Waals surface area contributed by atoms with Crippen LogP contribution in [0.5, 0.6) is 0 Å². The second-order valence-electron chi connectivity index (χ2n) is 3.79. The van der Waals surface area contributed by atoms with Gasteiger partial charge in [-0.25, -0.2) is 0 Å². The lowest BCUT2D eigenvalue weighted by molar-refractivity contribution is 0.964. The summed E-state index contributed by atoms with van der Waals surface area (Å²) >= 11 is 0. The molecule has 0 heterocycles. The summed E-state index contributed by atoms with van der Waals surface area (Å²) in [6.45, 7) is 2.63. The quantitative estimate of drug-likeness (QED) is 0.418. The third-order valence-corrected chi connectivity index (χ3v) is 2.77. The first kappa shape index (κ1) is 10.5. The Labute approximate surface area is 94.3 Å². The van der Waals surface area contributed by atoms with E-state index in [0.717, 1.165) is 6.42 Å². The van der Waals surface area contributed by atoms with Crippen molar-refractivity contribution in [1.82, 2.24) is 0 Å². The molecule has 0 bridgehead atoms. The Morgan fingerprint density at radius 3 is 2.69 bits per heavy atom. The van der Waals surface area contributed by atoms with Crippen LogP contribution in [-0.4, -0.2) is 6.54 Å². The maximum atomic E-state index is 8.26. The van der Waals surface area contributed by atoms with Crippen LogP contribution in [0.25, 0.3) is 21.2 Å². The van der Waals surface area contributed by atoms with Gasteiger partial charge in [-0.1, -0.05) is 41.5 Å². The highest BCUT2D eigenvalue weighted by Gasteiger charge is 2.01. The van der Waals surface area contributed by atoms with Crippen LogP contribution in [0.2, 0.25) is 0 Å². The van der Waals surface area contributed by atoms with E-state index in [1.807, 2.05) is 0 Å². The van der Waals surface area contributed by atoms with Crippen LogP contribution in [-0.2, 0) is 6.42 Å². The van der Waals surface area contributed by atoms with E-state index in [1.54, 1.807) is 0 Å². The van der Waals surface area contributed by atoms with Crippen molar-refractivity contribution in [2.24, 2.45) is 5.11 Å². The summed E-state index contributed by atoms with van der Waals surface area (Å²) in [6.07, 6.45) is 0.796. The summed E-state index contributed by atoms with van der Waals surface area (Å²) in [6, 6.07) is 12.6. The number of hydrogen-bond acceptors (Lipinski definition) is 1. The molecule has 0 aliphatic heterocycles. The Morgan fingerprint density at radius 1 is 1.12 bits per heavy atom. The molecule has 0 aromatic heterocycles. The predicted molar refractivity (Wildman–Crippen MR) is 66.4 cm³/mol. The highest BCUT2D eigenvalue weighted by Crippen LogP contribution is 2.22. The van der Waals surface area contributed by atoms with E-state index in [1.165, 1.54) is 21.9 Å². The molecule has 0 saturated carbocycles. The summed E-state index contributed by atoms with van der Waals surface area (Å²) in [5.41, 5.74) is 10.8. The molecule has 2 aromatic carbocycles. The molecule has 0 aliphatic carbocycles. The first-order valence-corrected chi connectivity index (χ1v) is 5.31. The van der Waals surface area contributed by atoms with Gasteiger partial charge in [0.2, 0.25) is 0 Å². The van der Waals surface area contributed by atoms with Crippen molar-refractivity contribution in [2.75, 3.05) is 6.54 Å². The Bertz CT molecular complexity index is 554. The minimum atomic E-state index is 0.517. The summed E-state index contributed by atoms with van der Waals surface area (Å²) in [5, 5.41) is 6.12. The van der Waals surface area contributed by atoms with Crippen molar-refractivity contribution in [2.45, 2.75) is 13.3 Å². The molecule has 0 amide bonds. The maximum Gasteiger partial charge on any atom is 0.0298 e. The molecule has 0 radical (unpaired) electrons. The van der Waals surface area contributed by atoms with Crippen molar-refractivity contribution < 1.29 is 0 Å². The van der Waals surface area contributed by atoms with Crippen LogP contribution in [0.4, 0.5) is 0 Å². The van der Waals surface area contributed by atoms with Gasteiger partial charge in [0.05, 0.1) is 0 Å². The Balaban J connectivity index is 2.45. The van der Waals surface area contributed by atoms with Crippen molar-refractivity contribution >= 4 is 10.8 Å². The molecule has 2 aromatic rings. The van der Waals surface area contributed by atoms with E-state index in [2.05, 4.69) is 53.3 Å². The van der Waals surface area contributed by atoms with E-state index in [4.69, 9.17) is 5.53 Å². The highest BCUT2D eigenvalue weighted by atomic mass is 15.1. The van der Waals surface area contributed by atoms with Gasteiger partial charge in [0.1, 0.15) is 0 Å². The third kappa shape index (κ3) is 2.00. The Kier molecular flexibility index (Phi) is 3.08. The Hall–Kier alpha value is -1.99. The lowest BCUT2D eigenvalue weighted by Crippen LogP contribution is -1.91. The molecule has 3 nitrogen and oxygen atoms in total. The van der Waals surface area contributed by atoms with E-state index in [-0.39, 0.29) is 0 Å². The molecule has 0 fully saturated rings. The van der Waals surface area contributed by atoms with Gasteiger partial charge in [0.25, 0.3) is 0 Å². The fraction of sp³-hybridized carbons (Fsp3) is 0.231. The van der Waals surface area contributed by atoms with Gasteiger partial charge in [0.15, 0.2) is 0 Å². The van der Waals surface area contributed by atoms with Crippen LogP contribution in [0.1, 0.15) is 11.1 Å². The third-order valence-electron chi connectivity index (χ3n) is 2.77. The number of fused-ring (bicyclic) bond motifs is 1. The van der Waals surface area contributed by atoms with Gasteiger partial charge in [-0.05, 0) is 40.8 Å². The summed E-state index contributed by atoms with van der Waals surface area (Å²) in [5.74, 6) is 0. The van der Waals surface area contributed by atoms with Gasteiger partial charge in [-0.2, -0.15) is 0 Å². The van der Waals surface area contributed by atoms with E-state index >= 15 is 0 Å². The van der Waals surface area contributed by atoms with Gasteiger partial charge in [-0.15, -0.1) is 0 Å². The topological polar surface area (TPSA) is 48.8 Å². The number of nitrogens with zero attached hydrogens (tertiary/aromatic N) is 3. The van der Waals surface area contributed by atoms with Crippen LogP contribution < -0.4 is 0 Å². The molecule has 0 aliphatic rings. The highest BCUT2D eigenvalue weighted by molar-refractivity contribution is 5.88. The zero-order valence-electron chi connectivity index (χ0n) is 9.22. The van der Waals surface area contributed by atoms with Gasteiger partial charge in [-0.3, -0.25) is 0 Å². The molecular formula is C13H13N3. The van der Waals surface area contributed by atoms with E-state index in [0.29, 0.717) is 6.54 Å². The number of azide groups is 1. The normalized spacial score (nSPS) is 10.1. The molecule has 16 heavy (non-hydrogen) atoms. The monoisotopic (exact) mass is 211 g/mol. The van der Waals surface area contributed by atoms with Crippen LogP contribution in [0.15, 0.2) is 41.5 Å². The molecule has 2 rings (SSSR count). The fourth-order valence-electron chi connectivity index (χ4n) is 1.97. The Morgan fingerprint density at radius 2 is 1.88 bits per heavy atom. The molecule has 0 N–H and O–H groups in total. The van der Waals surface area contributed by atoms with Crippen molar-refractivity contribution in [3.63, 3.8) is 0 Å². The van der Waals surface area contributed by atoms with Crippen LogP contribution in [0.3, 0.4) is 0 Å². The first-order chi connectivity index (χ1) is 7.83. The summed E-state index contributed by atoms with van der Waals surface area (Å²) in [4.78, 5) is 2.77. The lowest BCUT2D eigenvalue weighted by atomic mass is 9.99. The van der Waals surface area contributed by atoms with Gasteiger partial charge < -0.3 is 0 Å². The van der Waals surface area contributed by atoms with Crippen molar-refractivity contribution in [1.29, 1.82) is 0 Å². The fourth-order valence-corrected chi connectivity index (χ4v) is 1.97.